The minimum absolute atomic E-state index is 0.0273. The van der Waals surface area contributed by atoms with Gasteiger partial charge in [-0.2, -0.15) is 5.26 Å². The van der Waals surface area contributed by atoms with Crippen LogP contribution in [0, 0.1) is 11.3 Å². The van der Waals surface area contributed by atoms with E-state index in [1.54, 1.807) is 18.1 Å². The highest BCUT2D eigenvalue weighted by Crippen LogP contribution is 2.48. The smallest absolute Gasteiger partial charge is 0.161 e. The molecule has 1 atom stereocenters. The van der Waals surface area contributed by atoms with E-state index in [1.807, 2.05) is 42.5 Å². The molecule has 2 N–H and O–H groups in total. The molecule has 2 aliphatic rings. The summed E-state index contributed by atoms with van der Waals surface area (Å²) in [5.74, 6) is 0.386. The van der Waals surface area contributed by atoms with Crippen molar-refractivity contribution in [2.24, 2.45) is 5.73 Å². The van der Waals surface area contributed by atoms with Crippen LogP contribution < -0.4 is 15.4 Å². The fourth-order valence-electron chi connectivity index (χ4n) is 4.21. The number of para-hydroxylation sites is 2. The maximum Gasteiger partial charge on any atom is 0.161 e. The number of nitrogens with two attached hydrogens (primary N) is 1. The largest absolute Gasteiger partial charge is 0.496 e. The molecule has 0 radical (unpaired) electrons. The van der Waals surface area contributed by atoms with Crippen LogP contribution in [0.2, 0.25) is 5.02 Å². The second-order valence-electron chi connectivity index (χ2n) is 7.01. The molecule has 2 aromatic rings. The molecular formula is C23H20ClN3O2. The molecule has 2 aromatic carbocycles. The fourth-order valence-corrected chi connectivity index (χ4v) is 4.43. The zero-order valence-corrected chi connectivity index (χ0v) is 16.7. The molecule has 29 heavy (non-hydrogen) atoms. The van der Waals surface area contributed by atoms with E-state index in [-0.39, 0.29) is 5.78 Å². The number of rotatable bonds is 3. The van der Waals surface area contributed by atoms with E-state index in [2.05, 4.69) is 6.07 Å². The number of hydrogen-bond acceptors (Lipinski definition) is 5. The van der Waals surface area contributed by atoms with Gasteiger partial charge in [-0.05, 0) is 31.0 Å². The third-order valence-corrected chi connectivity index (χ3v) is 5.78. The lowest BCUT2D eigenvalue weighted by molar-refractivity contribution is -0.116. The maximum atomic E-state index is 13.1. The number of ketones is 1. The van der Waals surface area contributed by atoms with Crippen LogP contribution in [-0.4, -0.2) is 12.9 Å². The molecule has 1 aliphatic carbocycles. The minimum Gasteiger partial charge on any atom is -0.496 e. The number of allylic oxidation sites excluding steroid dienone is 3. The Balaban J connectivity index is 2.02. The van der Waals surface area contributed by atoms with Gasteiger partial charge < -0.3 is 10.5 Å². The van der Waals surface area contributed by atoms with Gasteiger partial charge in [0.2, 0.25) is 0 Å². The molecule has 1 unspecified atom stereocenters. The molecule has 0 saturated heterocycles. The van der Waals surface area contributed by atoms with Gasteiger partial charge >= 0.3 is 0 Å². The van der Waals surface area contributed by atoms with Crippen molar-refractivity contribution in [1.82, 2.24) is 0 Å². The van der Waals surface area contributed by atoms with Crippen molar-refractivity contribution >= 4 is 23.1 Å². The Hall–Kier alpha value is -3.23. The van der Waals surface area contributed by atoms with Gasteiger partial charge in [0.05, 0.1) is 35.4 Å². The summed E-state index contributed by atoms with van der Waals surface area (Å²) in [6, 6.07) is 17.0. The third kappa shape index (κ3) is 3.06. The van der Waals surface area contributed by atoms with E-state index in [4.69, 9.17) is 22.1 Å². The number of carbonyl (C=O) groups excluding carboxylic acids is 1. The number of Topliss-reactive ketones (excluding diaryl/α,β-unsaturated/α-hetero) is 1. The van der Waals surface area contributed by atoms with Gasteiger partial charge in [0.15, 0.2) is 5.78 Å². The second-order valence-corrected chi connectivity index (χ2v) is 7.42. The summed E-state index contributed by atoms with van der Waals surface area (Å²) in [5, 5.41) is 10.6. The SMILES string of the molecule is COc1ccccc1C1C(C#N)=C(N)N(c2ccccc2Cl)C2=C1C(=O)CCC2. The number of methoxy groups -OCH3 is 1. The van der Waals surface area contributed by atoms with Gasteiger partial charge in [-0.1, -0.05) is 41.9 Å². The highest BCUT2D eigenvalue weighted by atomic mass is 35.5. The van der Waals surface area contributed by atoms with Gasteiger partial charge in [-0.3, -0.25) is 9.69 Å². The van der Waals surface area contributed by atoms with Crippen LogP contribution in [0.5, 0.6) is 5.75 Å². The van der Waals surface area contributed by atoms with Crippen molar-refractivity contribution in [1.29, 1.82) is 5.26 Å². The standard InChI is InChI=1S/C23H20ClN3O2/c1-29-20-12-5-2-7-14(20)21-15(13-25)23(26)27(17-9-4-3-8-16(17)24)18-10-6-11-19(28)22(18)21/h2-5,7-9,12,21H,6,10-11,26H2,1H3. The molecule has 0 aromatic heterocycles. The average Bonchev–Trinajstić information content (AvgIpc) is 2.74. The Labute approximate surface area is 174 Å². The molecule has 1 heterocycles. The summed E-state index contributed by atoms with van der Waals surface area (Å²) in [7, 11) is 1.58. The van der Waals surface area contributed by atoms with Crippen molar-refractivity contribution < 1.29 is 9.53 Å². The quantitative estimate of drug-likeness (QED) is 0.803. The van der Waals surface area contributed by atoms with E-state index in [0.717, 1.165) is 17.7 Å². The molecule has 0 spiro atoms. The number of nitrogens with zero attached hydrogens (tertiary/aromatic N) is 2. The number of hydrogen-bond donors (Lipinski definition) is 1. The van der Waals surface area contributed by atoms with Gasteiger partial charge in [0, 0.05) is 23.3 Å². The van der Waals surface area contributed by atoms with Crippen molar-refractivity contribution in [3.8, 4) is 11.8 Å². The molecule has 1 aliphatic heterocycles. The average molecular weight is 406 g/mol. The molecule has 0 fully saturated rings. The first kappa shape index (κ1) is 19.1. The topological polar surface area (TPSA) is 79.3 Å². The molecule has 5 nitrogen and oxygen atoms in total. The molecule has 0 amide bonds. The number of carbonyl (C=O) groups is 1. The maximum absolute atomic E-state index is 13.1. The molecule has 0 saturated carbocycles. The summed E-state index contributed by atoms with van der Waals surface area (Å²) in [5.41, 5.74) is 9.70. The first-order valence-corrected chi connectivity index (χ1v) is 9.79. The number of nitriles is 1. The van der Waals surface area contributed by atoms with Crippen LogP contribution in [-0.2, 0) is 4.79 Å². The number of halogens is 1. The second kappa shape index (κ2) is 7.65. The third-order valence-electron chi connectivity index (χ3n) is 5.46. The van der Waals surface area contributed by atoms with Crippen LogP contribution in [0.3, 0.4) is 0 Å². The van der Waals surface area contributed by atoms with Crippen LogP contribution in [0.15, 0.2) is 71.2 Å². The summed E-state index contributed by atoms with van der Waals surface area (Å²) in [6.07, 6.45) is 1.85. The zero-order chi connectivity index (χ0) is 20.5. The van der Waals surface area contributed by atoms with Gasteiger partial charge in [-0.15, -0.1) is 0 Å². The summed E-state index contributed by atoms with van der Waals surface area (Å²) >= 11 is 6.45. The number of benzene rings is 2. The lowest BCUT2D eigenvalue weighted by Gasteiger charge is -2.40. The Morgan fingerprint density at radius 1 is 1.17 bits per heavy atom. The van der Waals surface area contributed by atoms with Crippen molar-refractivity contribution in [2.75, 3.05) is 12.0 Å². The minimum atomic E-state index is -0.558. The van der Waals surface area contributed by atoms with Crippen LogP contribution in [0.4, 0.5) is 5.69 Å². The Kier molecular flexibility index (Phi) is 5.04. The van der Waals surface area contributed by atoms with Crippen molar-refractivity contribution in [3.63, 3.8) is 0 Å². The highest BCUT2D eigenvalue weighted by molar-refractivity contribution is 6.33. The normalized spacial score (nSPS) is 19.1. The predicted molar refractivity (Wildman–Crippen MR) is 112 cm³/mol. The Morgan fingerprint density at radius 2 is 1.90 bits per heavy atom. The van der Waals surface area contributed by atoms with E-state index < -0.39 is 5.92 Å². The van der Waals surface area contributed by atoms with Gasteiger partial charge in [0.25, 0.3) is 0 Å². The van der Waals surface area contributed by atoms with Crippen LogP contribution in [0.1, 0.15) is 30.7 Å². The predicted octanol–water partition coefficient (Wildman–Crippen LogP) is 4.65. The first-order chi connectivity index (χ1) is 14.1. The molecule has 146 valence electrons. The van der Waals surface area contributed by atoms with Gasteiger partial charge in [0.1, 0.15) is 11.6 Å². The van der Waals surface area contributed by atoms with Crippen molar-refractivity contribution in [2.45, 2.75) is 25.2 Å². The van der Waals surface area contributed by atoms with Crippen LogP contribution >= 0.6 is 11.6 Å². The zero-order valence-electron chi connectivity index (χ0n) is 16.0. The van der Waals surface area contributed by atoms with Gasteiger partial charge in [-0.25, -0.2) is 0 Å². The summed E-state index contributed by atoms with van der Waals surface area (Å²) < 4.78 is 5.53. The molecular weight excluding hydrogens is 386 g/mol. The summed E-state index contributed by atoms with van der Waals surface area (Å²) in [6.45, 7) is 0. The van der Waals surface area contributed by atoms with E-state index in [9.17, 15) is 10.1 Å². The summed E-state index contributed by atoms with van der Waals surface area (Å²) in [4.78, 5) is 14.9. The van der Waals surface area contributed by atoms with E-state index in [1.165, 1.54) is 0 Å². The fraction of sp³-hybridized carbons (Fsp3) is 0.217. The lowest BCUT2D eigenvalue weighted by atomic mass is 9.75. The highest BCUT2D eigenvalue weighted by Gasteiger charge is 2.41. The Bertz CT molecular complexity index is 1100. The molecule has 0 bridgehead atoms. The van der Waals surface area contributed by atoms with Crippen LogP contribution in [0.25, 0.3) is 0 Å². The molecule has 6 heteroatoms. The van der Waals surface area contributed by atoms with E-state index >= 15 is 0 Å². The Morgan fingerprint density at radius 3 is 2.62 bits per heavy atom. The first-order valence-electron chi connectivity index (χ1n) is 9.42. The van der Waals surface area contributed by atoms with Crippen molar-refractivity contribution in [3.05, 3.63) is 81.8 Å². The molecule has 4 rings (SSSR count). The van der Waals surface area contributed by atoms with E-state index in [0.29, 0.717) is 46.3 Å². The number of anilines is 1. The number of ether oxygens (including phenoxy) is 1. The monoisotopic (exact) mass is 405 g/mol. The lowest BCUT2D eigenvalue weighted by Crippen LogP contribution is -2.39.